The summed E-state index contributed by atoms with van der Waals surface area (Å²) < 4.78 is 9.58. The molecule has 1 aliphatic heterocycles. The molecule has 5 rings (SSSR count). The molecule has 0 spiro atoms. The van der Waals surface area contributed by atoms with Crippen molar-refractivity contribution >= 4 is 23.4 Å². The summed E-state index contributed by atoms with van der Waals surface area (Å²) >= 11 is 0. The molecule has 0 fully saturated rings. The van der Waals surface area contributed by atoms with Crippen molar-refractivity contribution in [3.63, 3.8) is 0 Å². The second-order valence-corrected chi connectivity index (χ2v) is 8.30. The van der Waals surface area contributed by atoms with Crippen molar-refractivity contribution in [3.8, 4) is 11.6 Å². The number of aryl methyl sites for hydroxylation is 1. The SMILES string of the molecule is CCN1CCc2c(n(C)c3nc(-n4ccc(OCc5ccccc5)cc4=O)ccc23)CC1.Cl. The fraction of sp³-hybridized carbons (Fsp3) is 0.308. The first-order valence-corrected chi connectivity index (χ1v) is 11.2. The van der Waals surface area contributed by atoms with Crippen LogP contribution >= 0.6 is 12.4 Å². The van der Waals surface area contributed by atoms with E-state index >= 15 is 0 Å². The number of nitrogens with zero attached hydrogens (tertiary/aromatic N) is 4. The maximum atomic E-state index is 12.8. The van der Waals surface area contributed by atoms with Crippen LogP contribution in [0, 0.1) is 0 Å². The first-order valence-electron chi connectivity index (χ1n) is 11.2. The lowest BCUT2D eigenvalue weighted by Crippen LogP contribution is -2.26. The Kier molecular flexibility index (Phi) is 6.86. The fourth-order valence-corrected chi connectivity index (χ4v) is 4.59. The average molecular weight is 465 g/mol. The summed E-state index contributed by atoms with van der Waals surface area (Å²) in [7, 11) is 2.09. The molecule has 4 heterocycles. The van der Waals surface area contributed by atoms with Gasteiger partial charge in [-0.3, -0.25) is 9.36 Å². The van der Waals surface area contributed by atoms with Gasteiger partial charge in [-0.15, -0.1) is 12.4 Å². The zero-order valence-corrected chi connectivity index (χ0v) is 19.8. The summed E-state index contributed by atoms with van der Waals surface area (Å²) in [6.45, 7) is 5.89. The molecule has 0 amide bonds. The highest BCUT2D eigenvalue weighted by molar-refractivity contribution is 5.85. The number of hydrogen-bond acceptors (Lipinski definition) is 4. The number of ether oxygens (including phenoxy) is 1. The van der Waals surface area contributed by atoms with E-state index < -0.39 is 0 Å². The number of rotatable bonds is 5. The Labute approximate surface area is 199 Å². The van der Waals surface area contributed by atoms with Crippen molar-refractivity contribution in [1.29, 1.82) is 0 Å². The molecule has 172 valence electrons. The van der Waals surface area contributed by atoms with Gasteiger partial charge in [0.15, 0.2) is 0 Å². The highest BCUT2D eigenvalue weighted by atomic mass is 35.5. The molecule has 0 unspecified atom stereocenters. The Balaban J connectivity index is 0.00000259. The van der Waals surface area contributed by atoms with E-state index in [1.807, 2.05) is 42.5 Å². The van der Waals surface area contributed by atoms with E-state index in [0.29, 0.717) is 18.2 Å². The van der Waals surface area contributed by atoms with Gasteiger partial charge in [-0.25, -0.2) is 4.98 Å². The van der Waals surface area contributed by atoms with Crippen molar-refractivity contribution < 1.29 is 4.74 Å². The van der Waals surface area contributed by atoms with Crippen LogP contribution in [-0.4, -0.2) is 38.7 Å². The number of pyridine rings is 2. The largest absolute Gasteiger partial charge is 0.489 e. The molecular formula is C26H29ClN4O2. The fourth-order valence-electron chi connectivity index (χ4n) is 4.59. The predicted molar refractivity (Wildman–Crippen MR) is 134 cm³/mol. The molecule has 0 N–H and O–H groups in total. The van der Waals surface area contributed by atoms with Crippen LogP contribution in [0.25, 0.3) is 16.9 Å². The molecule has 7 heteroatoms. The average Bonchev–Trinajstić information content (AvgIpc) is 2.96. The molecule has 0 saturated heterocycles. The molecule has 4 aromatic rings. The topological polar surface area (TPSA) is 52.3 Å². The van der Waals surface area contributed by atoms with Gasteiger partial charge in [0, 0.05) is 49.9 Å². The first kappa shape index (κ1) is 23.1. The number of fused-ring (bicyclic) bond motifs is 3. The number of hydrogen-bond donors (Lipinski definition) is 0. The van der Waals surface area contributed by atoms with E-state index in [4.69, 9.17) is 9.72 Å². The molecule has 0 radical (unpaired) electrons. The Morgan fingerprint density at radius 3 is 2.58 bits per heavy atom. The van der Waals surface area contributed by atoms with E-state index in [9.17, 15) is 4.79 Å². The predicted octanol–water partition coefficient (Wildman–Crippen LogP) is 4.15. The van der Waals surface area contributed by atoms with Crippen LogP contribution in [-0.2, 0) is 26.5 Å². The van der Waals surface area contributed by atoms with E-state index in [-0.39, 0.29) is 18.0 Å². The van der Waals surface area contributed by atoms with Crippen LogP contribution in [0.3, 0.4) is 0 Å². The standard InChI is InChI=1S/C26H28N4O2.ClH/c1-3-29-14-12-21-22-9-10-24(27-26(22)28(2)23(21)13-15-29)30-16-11-20(17-25(30)31)32-18-19-7-5-4-6-8-19;/h4-11,16-17H,3,12-15,18H2,1-2H3;1H. The monoisotopic (exact) mass is 464 g/mol. The van der Waals surface area contributed by atoms with Gasteiger partial charge in [0.05, 0.1) is 0 Å². The van der Waals surface area contributed by atoms with Gasteiger partial charge in [0.2, 0.25) is 0 Å². The lowest BCUT2D eigenvalue weighted by atomic mass is 10.1. The summed E-state index contributed by atoms with van der Waals surface area (Å²) in [5, 5.41) is 1.19. The molecule has 0 atom stereocenters. The van der Waals surface area contributed by atoms with Crippen LogP contribution in [0.4, 0.5) is 0 Å². The van der Waals surface area contributed by atoms with Crippen molar-refractivity contribution in [2.24, 2.45) is 7.05 Å². The van der Waals surface area contributed by atoms with E-state index in [0.717, 1.165) is 43.7 Å². The van der Waals surface area contributed by atoms with Crippen molar-refractivity contribution in [1.82, 2.24) is 19.0 Å². The molecule has 0 bridgehead atoms. The first-order chi connectivity index (χ1) is 15.6. The summed E-state index contributed by atoms with van der Waals surface area (Å²) in [5.74, 6) is 1.19. The molecule has 3 aromatic heterocycles. The minimum atomic E-state index is -0.156. The van der Waals surface area contributed by atoms with Gasteiger partial charge < -0.3 is 14.2 Å². The second-order valence-electron chi connectivity index (χ2n) is 8.30. The zero-order chi connectivity index (χ0) is 22.1. The normalized spacial score (nSPS) is 13.9. The van der Waals surface area contributed by atoms with E-state index in [1.54, 1.807) is 10.8 Å². The maximum absolute atomic E-state index is 12.8. The van der Waals surface area contributed by atoms with Crippen LogP contribution in [0.5, 0.6) is 5.75 Å². The number of halogens is 1. The Morgan fingerprint density at radius 1 is 1.03 bits per heavy atom. The van der Waals surface area contributed by atoms with Gasteiger partial charge in [0.25, 0.3) is 5.56 Å². The lowest BCUT2D eigenvalue weighted by molar-refractivity contribution is 0.302. The summed E-state index contributed by atoms with van der Waals surface area (Å²) in [5.41, 5.74) is 4.60. The lowest BCUT2D eigenvalue weighted by Gasteiger charge is -2.16. The van der Waals surface area contributed by atoms with Crippen LogP contribution < -0.4 is 10.3 Å². The second kappa shape index (κ2) is 9.81. The van der Waals surface area contributed by atoms with Crippen molar-refractivity contribution in [2.45, 2.75) is 26.4 Å². The molecule has 1 aromatic carbocycles. The van der Waals surface area contributed by atoms with E-state index in [2.05, 4.69) is 29.5 Å². The quantitative estimate of drug-likeness (QED) is 0.445. The summed E-state index contributed by atoms with van der Waals surface area (Å²) in [4.78, 5) is 20.2. The molecule has 33 heavy (non-hydrogen) atoms. The third-order valence-electron chi connectivity index (χ3n) is 6.43. The molecular weight excluding hydrogens is 436 g/mol. The summed E-state index contributed by atoms with van der Waals surface area (Å²) in [6.07, 6.45) is 3.80. The molecule has 0 saturated carbocycles. The van der Waals surface area contributed by atoms with Gasteiger partial charge in [-0.1, -0.05) is 37.3 Å². The Hall–Kier alpha value is -3.09. The minimum Gasteiger partial charge on any atom is -0.489 e. The van der Waals surface area contributed by atoms with Gasteiger partial charge in [-0.05, 0) is 42.3 Å². The molecule has 1 aliphatic rings. The van der Waals surface area contributed by atoms with Crippen LogP contribution in [0.2, 0.25) is 0 Å². The Morgan fingerprint density at radius 2 is 1.82 bits per heavy atom. The van der Waals surface area contributed by atoms with Crippen LogP contribution in [0.15, 0.2) is 65.6 Å². The molecule has 0 aliphatic carbocycles. The number of benzene rings is 1. The van der Waals surface area contributed by atoms with Crippen molar-refractivity contribution in [3.05, 3.63) is 88.0 Å². The highest BCUT2D eigenvalue weighted by Crippen LogP contribution is 2.28. The number of aromatic nitrogens is 3. The van der Waals surface area contributed by atoms with Gasteiger partial charge in [-0.2, -0.15) is 0 Å². The highest BCUT2D eigenvalue weighted by Gasteiger charge is 2.21. The third-order valence-corrected chi connectivity index (χ3v) is 6.43. The minimum absolute atomic E-state index is 0. The molecule has 6 nitrogen and oxygen atoms in total. The Bertz CT molecular complexity index is 1310. The van der Waals surface area contributed by atoms with Gasteiger partial charge in [0.1, 0.15) is 23.8 Å². The summed E-state index contributed by atoms with van der Waals surface area (Å²) in [6, 6.07) is 17.3. The van der Waals surface area contributed by atoms with Gasteiger partial charge >= 0.3 is 0 Å². The van der Waals surface area contributed by atoms with Crippen molar-refractivity contribution in [2.75, 3.05) is 19.6 Å². The van der Waals surface area contributed by atoms with E-state index in [1.165, 1.54) is 22.7 Å². The number of likely N-dealkylation sites (N-methyl/N-ethyl adjacent to an activating group) is 1. The van der Waals surface area contributed by atoms with Crippen LogP contribution in [0.1, 0.15) is 23.7 Å². The zero-order valence-electron chi connectivity index (χ0n) is 19.0. The third kappa shape index (κ3) is 4.54. The maximum Gasteiger partial charge on any atom is 0.259 e. The smallest absolute Gasteiger partial charge is 0.259 e.